The molecule has 0 aromatic heterocycles. The first kappa shape index (κ1) is 19.5. The van der Waals surface area contributed by atoms with Crippen LogP contribution in [0.2, 0.25) is 10.0 Å². The number of nitrogens with one attached hydrogen (secondary N) is 2. The molecule has 2 aromatic rings. The maximum absolute atomic E-state index is 12.3. The van der Waals surface area contributed by atoms with E-state index in [1.807, 2.05) is 0 Å². The molecule has 2 rings (SSSR count). The lowest BCUT2D eigenvalue weighted by molar-refractivity contribution is -0.117. The van der Waals surface area contributed by atoms with Gasteiger partial charge in [-0.15, -0.1) is 0 Å². The van der Waals surface area contributed by atoms with Gasteiger partial charge in [0.1, 0.15) is 5.75 Å². The lowest BCUT2D eigenvalue weighted by atomic mass is 10.3. The molecule has 2 N–H and O–H groups in total. The molecule has 0 spiro atoms. The molecule has 0 fully saturated rings. The summed E-state index contributed by atoms with van der Waals surface area (Å²) in [7, 11) is -2.37. The minimum Gasteiger partial charge on any atom is -0.497 e. The Morgan fingerprint density at radius 2 is 1.72 bits per heavy atom. The summed E-state index contributed by atoms with van der Waals surface area (Å²) in [5, 5.41) is 3.21. The zero-order chi connectivity index (χ0) is 18.6. The van der Waals surface area contributed by atoms with Crippen molar-refractivity contribution in [3.63, 3.8) is 0 Å². The highest BCUT2D eigenvalue weighted by molar-refractivity contribution is 7.89. The molecular weight excluding hydrogens is 387 g/mol. The smallest absolute Gasteiger partial charge is 0.242 e. The second-order valence-electron chi connectivity index (χ2n) is 5.14. The fourth-order valence-corrected chi connectivity index (χ4v) is 3.43. The van der Waals surface area contributed by atoms with E-state index in [9.17, 15) is 13.2 Å². The zero-order valence-electron chi connectivity index (χ0n) is 13.4. The number of carbonyl (C=O) groups excluding carboxylic acids is 1. The van der Waals surface area contributed by atoms with E-state index in [0.29, 0.717) is 16.5 Å². The highest BCUT2D eigenvalue weighted by Gasteiger charge is 2.22. The number of carbonyl (C=O) groups is 1. The minimum atomic E-state index is -3.85. The van der Waals surface area contributed by atoms with Gasteiger partial charge in [-0.3, -0.25) is 4.79 Å². The molecule has 25 heavy (non-hydrogen) atoms. The van der Waals surface area contributed by atoms with Crippen molar-refractivity contribution in [1.82, 2.24) is 4.72 Å². The number of hydrogen-bond acceptors (Lipinski definition) is 4. The number of halogens is 2. The van der Waals surface area contributed by atoms with Crippen molar-refractivity contribution in [2.75, 3.05) is 12.4 Å². The molecule has 0 saturated heterocycles. The second-order valence-corrected chi connectivity index (χ2v) is 7.67. The number of rotatable bonds is 6. The van der Waals surface area contributed by atoms with E-state index in [1.165, 1.54) is 50.4 Å². The Hall–Kier alpha value is -1.80. The lowest BCUT2D eigenvalue weighted by Gasteiger charge is -2.15. The first-order valence-electron chi connectivity index (χ1n) is 7.15. The van der Waals surface area contributed by atoms with Crippen LogP contribution >= 0.6 is 23.2 Å². The van der Waals surface area contributed by atoms with E-state index in [0.717, 1.165) is 0 Å². The van der Waals surface area contributed by atoms with Crippen LogP contribution in [0.1, 0.15) is 6.92 Å². The summed E-state index contributed by atoms with van der Waals surface area (Å²) in [4.78, 5) is 12.2. The molecule has 0 aliphatic carbocycles. The number of methoxy groups -OCH3 is 1. The van der Waals surface area contributed by atoms with Crippen molar-refractivity contribution < 1.29 is 17.9 Å². The Labute approximate surface area is 156 Å². The first-order chi connectivity index (χ1) is 11.7. The van der Waals surface area contributed by atoms with E-state index in [2.05, 4.69) is 10.0 Å². The van der Waals surface area contributed by atoms with Gasteiger partial charge in [-0.2, -0.15) is 4.72 Å². The number of amides is 1. The summed E-state index contributed by atoms with van der Waals surface area (Å²) in [6.07, 6.45) is 0. The Kier molecular flexibility index (Phi) is 6.29. The lowest BCUT2D eigenvalue weighted by Crippen LogP contribution is -2.41. The molecule has 134 valence electrons. The highest BCUT2D eigenvalue weighted by atomic mass is 35.5. The standard InChI is InChI=1S/C16H16Cl2N2O4S/c1-10(16(21)19-11-3-8-14(17)15(18)9-11)20-25(22,23)13-6-4-12(24-2)5-7-13/h3-10,20H,1-2H3,(H,19,21)/t10-/m1/s1. The van der Waals surface area contributed by atoms with Crippen LogP contribution in [0, 0.1) is 0 Å². The maximum atomic E-state index is 12.3. The summed E-state index contributed by atoms with van der Waals surface area (Å²) >= 11 is 11.7. The van der Waals surface area contributed by atoms with Crippen LogP contribution in [0.5, 0.6) is 5.75 Å². The SMILES string of the molecule is COc1ccc(S(=O)(=O)N[C@H](C)C(=O)Nc2ccc(Cl)c(Cl)c2)cc1. The van der Waals surface area contributed by atoms with Crippen molar-refractivity contribution in [3.8, 4) is 5.75 Å². The van der Waals surface area contributed by atoms with Crippen LogP contribution in [-0.4, -0.2) is 27.5 Å². The van der Waals surface area contributed by atoms with Crippen LogP contribution in [0.4, 0.5) is 5.69 Å². The summed E-state index contributed by atoms with van der Waals surface area (Å²) in [6, 6.07) is 9.41. The van der Waals surface area contributed by atoms with Crippen molar-refractivity contribution in [1.29, 1.82) is 0 Å². The Morgan fingerprint density at radius 3 is 2.28 bits per heavy atom. The normalized spacial score (nSPS) is 12.5. The fraction of sp³-hybridized carbons (Fsp3) is 0.188. The van der Waals surface area contributed by atoms with Gasteiger partial charge in [0.2, 0.25) is 15.9 Å². The first-order valence-corrected chi connectivity index (χ1v) is 9.39. The molecule has 1 amide bonds. The van der Waals surface area contributed by atoms with Gasteiger partial charge in [0.05, 0.1) is 28.1 Å². The highest BCUT2D eigenvalue weighted by Crippen LogP contribution is 2.25. The Morgan fingerprint density at radius 1 is 1.08 bits per heavy atom. The molecule has 9 heteroatoms. The molecule has 6 nitrogen and oxygen atoms in total. The number of sulfonamides is 1. The Bertz CT molecular complexity index is 870. The summed E-state index contributed by atoms with van der Waals surface area (Å²) in [5.41, 5.74) is 0.412. The third-order valence-corrected chi connectivity index (χ3v) is 5.58. The average molecular weight is 403 g/mol. The van der Waals surface area contributed by atoms with Gasteiger partial charge in [0.25, 0.3) is 0 Å². The summed E-state index contributed by atoms with van der Waals surface area (Å²) in [5.74, 6) is -0.000153. The molecule has 0 unspecified atom stereocenters. The number of anilines is 1. The number of hydrogen-bond donors (Lipinski definition) is 2. The summed E-state index contributed by atoms with van der Waals surface area (Å²) < 4.78 is 32.0. The van der Waals surface area contributed by atoms with Crippen LogP contribution < -0.4 is 14.8 Å². The molecule has 1 atom stereocenters. The third-order valence-electron chi connectivity index (χ3n) is 3.28. The molecule has 0 aliphatic heterocycles. The van der Waals surface area contributed by atoms with E-state index in [1.54, 1.807) is 6.07 Å². The number of ether oxygens (including phenoxy) is 1. The van der Waals surface area contributed by atoms with Gasteiger partial charge in [-0.25, -0.2) is 8.42 Å². The van der Waals surface area contributed by atoms with Gasteiger partial charge >= 0.3 is 0 Å². The fourth-order valence-electron chi connectivity index (χ4n) is 1.93. The average Bonchev–Trinajstić information content (AvgIpc) is 2.57. The topological polar surface area (TPSA) is 84.5 Å². The minimum absolute atomic E-state index is 0.0301. The predicted octanol–water partition coefficient (Wildman–Crippen LogP) is 3.31. The van der Waals surface area contributed by atoms with Gasteiger partial charge in [-0.05, 0) is 49.4 Å². The summed E-state index contributed by atoms with van der Waals surface area (Å²) in [6.45, 7) is 1.44. The van der Waals surface area contributed by atoms with Crippen LogP contribution in [0.25, 0.3) is 0 Å². The molecule has 0 saturated carbocycles. The van der Waals surface area contributed by atoms with Crippen LogP contribution in [0.3, 0.4) is 0 Å². The molecule has 2 aromatic carbocycles. The van der Waals surface area contributed by atoms with E-state index < -0.39 is 22.0 Å². The number of benzene rings is 2. The van der Waals surface area contributed by atoms with Crippen molar-refractivity contribution in [3.05, 3.63) is 52.5 Å². The van der Waals surface area contributed by atoms with Crippen molar-refractivity contribution >= 4 is 44.8 Å². The van der Waals surface area contributed by atoms with Gasteiger partial charge in [-0.1, -0.05) is 23.2 Å². The maximum Gasteiger partial charge on any atom is 0.242 e. The molecule has 0 bridgehead atoms. The van der Waals surface area contributed by atoms with Gasteiger partial charge in [0, 0.05) is 5.69 Å². The Balaban J connectivity index is 2.07. The van der Waals surface area contributed by atoms with E-state index in [-0.39, 0.29) is 9.92 Å². The molecule has 0 radical (unpaired) electrons. The van der Waals surface area contributed by atoms with Crippen molar-refractivity contribution in [2.45, 2.75) is 17.9 Å². The molecular formula is C16H16Cl2N2O4S. The van der Waals surface area contributed by atoms with Crippen LogP contribution in [-0.2, 0) is 14.8 Å². The monoisotopic (exact) mass is 402 g/mol. The zero-order valence-corrected chi connectivity index (χ0v) is 15.7. The van der Waals surface area contributed by atoms with Crippen molar-refractivity contribution in [2.24, 2.45) is 0 Å². The van der Waals surface area contributed by atoms with E-state index in [4.69, 9.17) is 27.9 Å². The second kappa shape index (κ2) is 8.05. The molecule has 0 aliphatic rings. The van der Waals surface area contributed by atoms with Crippen LogP contribution in [0.15, 0.2) is 47.4 Å². The third kappa shape index (κ3) is 5.09. The van der Waals surface area contributed by atoms with E-state index >= 15 is 0 Å². The van der Waals surface area contributed by atoms with Gasteiger partial charge in [0.15, 0.2) is 0 Å². The molecule has 0 heterocycles. The predicted molar refractivity (Wildman–Crippen MR) is 97.9 cm³/mol. The largest absolute Gasteiger partial charge is 0.497 e. The van der Waals surface area contributed by atoms with Gasteiger partial charge < -0.3 is 10.1 Å². The quantitative estimate of drug-likeness (QED) is 0.775.